The smallest absolute Gasteiger partial charge is 0.407 e. The maximum atomic E-state index is 12.4. The molecule has 0 fully saturated rings. The van der Waals surface area contributed by atoms with Crippen LogP contribution in [0.3, 0.4) is 0 Å². The summed E-state index contributed by atoms with van der Waals surface area (Å²) in [6.45, 7) is 22.0. The zero-order valence-corrected chi connectivity index (χ0v) is 42.1. The van der Waals surface area contributed by atoms with Crippen LogP contribution in [0.25, 0.3) is 43.1 Å². The van der Waals surface area contributed by atoms with E-state index in [0.29, 0.717) is 13.1 Å². The average molecular weight is 925 g/mol. The molecule has 2 amide bonds. The average Bonchev–Trinajstić information content (AvgIpc) is 3.30. The predicted molar refractivity (Wildman–Crippen MR) is 285 cm³/mol. The number of nitrogens with one attached hydrogen (secondary N) is 4. The van der Waals surface area contributed by atoms with Crippen LogP contribution in [0.2, 0.25) is 0 Å². The Hall–Kier alpha value is -5.26. The van der Waals surface area contributed by atoms with Crippen LogP contribution in [0.1, 0.15) is 104 Å². The Morgan fingerprint density at radius 1 is 0.412 bits per heavy atom. The van der Waals surface area contributed by atoms with Gasteiger partial charge in [-0.15, -0.1) is 0 Å². The van der Waals surface area contributed by atoms with E-state index in [2.05, 4.69) is 140 Å². The Morgan fingerprint density at radius 3 is 1.03 bits per heavy atom. The number of hydrogen-bond acceptors (Lipinski definition) is 8. The number of ether oxygens (including phenoxy) is 2. The summed E-state index contributed by atoms with van der Waals surface area (Å²) in [5, 5.41) is 23.9. The van der Waals surface area contributed by atoms with Crippen molar-refractivity contribution in [3.63, 3.8) is 0 Å². The summed E-state index contributed by atoms with van der Waals surface area (Å²) in [7, 11) is 0. The summed E-state index contributed by atoms with van der Waals surface area (Å²) in [6, 6.07) is 39.4. The quantitative estimate of drug-likeness (QED) is 0.0299. The number of hydrogen-bond donors (Lipinski definition) is 4. The molecule has 0 aliphatic rings. The first-order chi connectivity index (χ1) is 32.8. The third kappa shape index (κ3) is 17.4. The van der Waals surface area contributed by atoms with Gasteiger partial charge in [0.15, 0.2) is 0 Å². The third-order valence-electron chi connectivity index (χ3n) is 12.4. The van der Waals surface area contributed by atoms with Gasteiger partial charge in [0.1, 0.15) is 11.2 Å². The molecule has 0 aromatic heterocycles. The molecular formula is C58H80N6O4. The SMILES string of the molecule is CC(C)(C)OC(=O)NCCCN(CCCCNCc1c2ccccc2cc2ccccc12)CCCCN(CCCCNCc1c2ccccc2cc2ccccc12)CCCNC(=O)OC(C)(C)C. The minimum Gasteiger partial charge on any atom is -0.444 e. The largest absolute Gasteiger partial charge is 0.444 e. The van der Waals surface area contributed by atoms with Crippen molar-refractivity contribution in [2.24, 2.45) is 0 Å². The van der Waals surface area contributed by atoms with Crippen LogP contribution in [-0.2, 0) is 22.6 Å². The van der Waals surface area contributed by atoms with Crippen molar-refractivity contribution in [1.82, 2.24) is 31.1 Å². The van der Waals surface area contributed by atoms with Gasteiger partial charge in [0, 0.05) is 26.2 Å². The number of rotatable bonds is 27. The lowest BCUT2D eigenvalue weighted by atomic mass is 9.97. The van der Waals surface area contributed by atoms with E-state index in [1.807, 2.05) is 41.5 Å². The molecule has 0 radical (unpaired) electrons. The second-order valence-corrected chi connectivity index (χ2v) is 20.3. The number of nitrogens with zero attached hydrogens (tertiary/aromatic N) is 2. The lowest BCUT2D eigenvalue weighted by Crippen LogP contribution is -2.35. The minimum absolute atomic E-state index is 0.357. The fourth-order valence-corrected chi connectivity index (χ4v) is 9.15. The molecule has 0 atom stereocenters. The van der Waals surface area contributed by atoms with Gasteiger partial charge in [0.25, 0.3) is 0 Å². The standard InChI is InChI=1S/C58H80N6O4/c1-57(2,3)67-55(65)61-33-21-39-63(35-17-15-31-59-43-53-49-27-11-7-23-45(49)41-46-24-8-12-28-50(46)53)37-19-20-38-64(40-22-34-62-56(66)68-58(4,5)6)36-18-16-32-60-44-54-51-29-13-9-25-47(51)42-48-26-10-14-30-52(48)54/h7-14,23-30,41-42,59-60H,15-22,31-40,43-44H2,1-6H3,(H,61,65)(H,62,66). The van der Waals surface area contributed by atoms with Gasteiger partial charge in [-0.05, 0) is 212 Å². The van der Waals surface area contributed by atoms with Crippen LogP contribution < -0.4 is 21.3 Å². The van der Waals surface area contributed by atoms with E-state index in [1.54, 1.807) is 0 Å². The molecule has 0 saturated carbocycles. The molecule has 0 aliphatic carbocycles. The van der Waals surface area contributed by atoms with E-state index in [9.17, 15) is 9.59 Å². The molecular weight excluding hydrogens is 845 g/mol. The van der Waals surface area contributed by atoms with E-state index in [-0.39, 0.29) is 12.2 Å². The first-order valence-electron chi connectivity index (χ1n) is 25.4. The zero-order chi connectivity index (χ0) is 48.2. The Balaban J connectivity index is 0.977. The second-order valence-electron chi connectivity index (χ2n) is 20.3. The molecule has 0 heterocycles. The van der Waals surface area contributed by atoms with Crippen molar-refractivity contribution in [3.8, 4) is 0 Å². The Bertz CT molecular complexity index is 2210. The lowest BCUT2D eigenvalue weighted by molar-refractivity contribution is 0.0513. The maximum absolute atomic E-state index is 12.4. The molecule has 0 bridgehead atoms. The van der Waals surface area contributed by atoms with E-state index in [1.165, 1.54) is 54.2 Å². The Morgan fingerprint density at radius 2 is 0.706 bits per heavy atom. The van der Waals surface area contributed by atoms with E-state index < -0.39 is 11.2 Å². The highest BCUT2D eigenvalue weighted by atomic mass is 16.6. The Labute approximate surface area is 406 Å². The first kappa shape index (κ1) is 52.1. The van der Waals surface area contributed by atoms with Gasteiger partial charge in [0.05, 0.1) is 0 Å². The predicted octanol–water partition coefficient (Wildman–Crippen LogP) is 12.0. The van der Waals surface area contributed by atoms with Crippen LogP contribution in [0.15, 0.2) is 109 Å². The van der Waals surface area contributed by atoms with Gasteiger partial charge in [0.2, 0.25) is 0 Å². The van der Waals surface area contributed by atoms with Crippen molar-refractivity contribution in [1.29, 1.82) is 0 Å². The van der Waals surface area contributed by atoms with Gasteiger partial charge >= 0.3 is 12.2 Å². The molecule has 6 rings (SSSR count). The van der Waals surface area contributed by atoms with Gasteiger partial charge in [-0.1, -0.05) is 97.1 Å². The van der Waals surface area contributed by atoms with E-state index >= 15 is 0 Å². The van der Waals surface area contributed by atoms with Gasteiger partial charge in [-0.3, -0.25) is 0 Å². The number of unbranched alkanes of at least 4 members (excludes halogenated alkanes) is 3. The van der Waals surface area contributed by atoms with Crippen molar-refractivity contribution >= 4 is 55.3 Å². The molecule has 0 saturated heterocycles. The molecule has 10 heteroatoms. The van der Waals surface area contributed by atoms with Gasteiger partial charge < -0.3 is 40.5 Å². The van der Waals surface area contributed by atoms with Crippen molar-refractivity contribution in [2.45, 2.75) is 117 Å². The van der Waals surface area contributed by atoms with Crippen molar-refractivity contribution in [2.75, 3.05) is 65.4 Å². The normalized spacial score (nSPS) is 12.2. The fourth-order valence-electron chi connectivity index (χ4n) is 9.15. The summed E-state index contributed by atoms with van der Waals surface area (Å²) < 4.78 is 11.0. The number of carbonyl (C=O) groups excluding carboxylic acids is 2. The van der Waals surface area contributed by atoms with Crippen molar-refractivity contribution in [3.05, 3.63) is 120 Å². The molecule has 0 spiro atoms. The van der Waals surface area contributed by atoms with Crippen LogP contribution >= 0.6 is 0 Å². The minimum atomic E-state index is -0.516. The molecule has 68 heavy (non-hydrogen) atoms. The summed E-state index contributed by atoms with van der Waals surface area (Å²) in [5.41, 5.74) is 1.71. The monoisotopic (exact) mass is 925 g/mol. The molecule has 366 valence electrons. The second kappa shape index (κ2) is 26.5. The number of amides is 2. The number of carbonyl (C=O) groups is 2. The van der Waals surface area contributed by atoms with Crippen LogP contribution in [-0.4, -0.2) is 98.6 Å². The number of benzene rings is 6. The molecule has 0 aliphatic heterocycles. The molecule has 0 unspecified atom stereocenters. The zero-order valence-electron chi connectivity index (χ0n) is 42.1. The summed E-state index contributed by atoms with van der Waals surface area (Å²) in [6.07, 6.45) is 7.60. The third-order valence-corrected chi connectivity index (χ3v) is 12.4. The highest BCUT2D eigenvalue weighted by Crippen LogP contribution is 2.30. The number of fused-ring (bicyclic) bond motifs is 4. The van der Waals surface area contributed by atoms with Gasteiger partial charge in [-0.2, -0.15) is 0 Å². The fraction of sp³-hybridized carbons (Fsp3) is 0.483. The highest BCUT2D eigenvalue weighted by molar-refractivity contribution is 6.03. The van der Waals surface area contributed by atoms with Gasteiger partial charge in [-0.25, -0.2) is 9.59 Å². The molecule has 4 N–H and O–H groups in total. The Kier molecular flexibility index (Phi) is 20.3. The first-order valence-corrected chi connectivity index (χ1v) is 25.4. The van der Waals surface area contributed by atoms with Crippen LogP contribution in [0.5, 0.6) is 0 Å². The molecule has 10 nitrogen and oxygen atoms in total. The van der Waals surface area contributed by atoms with E-state index in [4.69, 9.17) is 9.47 Å². The molecule has 6 aromatic carbocycles. The van der Waals surface area contributed by atoms with Crippen LogP contribution in [0.4, 0.5) is 9.59 Å². The summed E-state index contributed by atoms with van der Waals surface area (Å²) in [5.74, 6) is 0. The highest BCUT2D eigenvalue weighted by Gasteiger charge is 2.17. The maximum Gasteiger partial charge on any atom is 0.407 e. The van der Waals surface area contributed by atoms with E-state index in [0.717, 1.165) is 117 Å². The topological polar surface area (TPSA) is 107 Å². The number of alkyl carbamates (subject to hydrolysis) is 2. The van der Waals surface area contributed by atoms with Crippen LogP contribution in [0, 0.1) is 0 Å². The lowest BCUT2D eigenvalue weighted by Gasteiger charge is -2.25. The molecule has 6 aromatic rings. The van der Waals surface area contributed by atoms with Crippen molar-refractivity contribution < 1.29 is 19.1 Å². The summed E-state index contributed by atoms with van der Waals surface area (Å²) >= 11 is 0. The summed E-state index contributed by atoms with van der Waals surface area (Å²) in [4.78, 5) is 29.9.